The maximum absolute atomic E-state index is 13.6. The van der Waals surface area contributed by atoms with Crippen molar-refractivity contribution in [2.75, 3.05) is 25.0 Å². The number of nitrogens with one attached hydrogen (secondary N) is 1. The van der Waals surface area contributed by atoms with Crippen LogP contribution < -0.4 is 5.32 Å². The molecule has 0 radical (unpaired) electrons. The predicted molar refractivity (Wildman–Crippen MR) is 143 cm³/mol. The van der Waals surface area contributed by atoms with Crippen LogP contribution in [0.2, 0.25) is 5.02 Å². The van der Waals surface area contributed by atoms with Crippen LogP contribution in [-0.2, 0) is 0 Å². The lowest BCUT2D eigenvalue weighted by Crippen LogP contribution is -2.36. The molecular weight excluding hydrogens is 510 g/mol. The van der Waals surface area contributed by atoms with E-state index in [0.717, 1.165) is 65.9 Å². The first-order valence-electron chi connectivity index (χ1n) is 13.0. The lowest BCUT2D eigenvalue weighted by Gasteiger charge is -2.33. The number of aromatic nitrogens is 4. The second-order valence-corrected chi connectivity index (χ2v) is 10.7. The van der Waals surface area contributed by atoms with Gasteiger partial charge in [0.2, 0.25) is 5.95 Å². The summed E-state index contributed by atoms with van der Waals surface area (Å²) in [7, 11) is 0. The minimum absolute atomic E-state index is 0.258. The molecule has 4 aromatic rings. The van der Waals surface area contributed by atoms with Gasteiger partial charge in [0.25, 0.3) is 0 Å². The number of anilines is 2. The Bertz CT molecular complexity index is 1480. The van der Waals surface area contributed by atoms with Crippen LogP contribution in [0.5, 0.6) is 0 Å². The first-order chi connectivity index (χ1) is 18.4. The number of fused-ring (bicyclic) bond motifs is 1. The van der Waals surface area contributed by atoms with Crippen molar-refractivity contribution in [2.24, 2.45) is 0 Å². The summed E-state index contributed by atoms with van der Waals surface area (Å²) in [6.45, 7) is 3.94. The number of benzene rings is 2. The standard InChI is InChI=1S/C28H29ClF2N6O/c1-16-26(14-33-37(16)20-3-4-20)35-28-32-13-19-10-22(29)21(12-25(19)34-28)17-6-8-36(9-7-17)15-27(38)18-2-5-23(30)24(31)11-18/h2,5,10-14,17,20,27,38H,3-4,6-9,15H2,1H3,(H,32,34,35)/t27-/m1/s1. The van der Waals surface area contributed by atoms with Gasteiger partial charge in [-0.2, -0.15) is 5.10 Å². The topological polar surface area (TPSA) is 79.1 Å². The maximum atomic E-state index is 13.6. The van der Waals surface area contributed by atoms with Crippen LogP contribution in [-0.4, -0.2) is 49.4 Å². The van der Waals surface area contributed by atoms with Crippen molar-refractivity contribution < 1.29 is 13.9 Å². The van der Waals surface area contributed by atoms with Gasteiger partial charge in [-0.1, -0.05) is 17.7 Å². The minimum Gasteiger partial charge on any atom is -0.387 e. The molecule has 2 fully saturated rings. The van der Waals surface area contributed by atoms with Crippen LogP contribution >= 0.6 is 11.6 Å². The van der Waals surface area contributed by atoms with E-state index in [2.05, 4.69) is 38.0 Å². The van der Waals surface area contributed by atoms with Gasteiger partial charge in [0.15, 0.2) is 11.6 Å². The molecule has 10 heteroatoms. The van der Waals surface area contributed by atoms with Crippen molar-refractivity contribution in [3.05, 3.63) is 76.2 Å². The molecule has 38 heavy (non-hydrogen) atoms. The summed E-state index contributed by atoms with van der Waals surface area (Å²) in [5, 5.41) is 19.9. The Hall–Kier alpha value is -3.14. The van der Waals surface area contributed by atoms with Gasteiger partial charge < -0.3 is 15.3 Å². The molecule has 7 nitrogen and oxygen atoms in total. The van der Waals surface area contributed by atoms with Crippen molar-refractivity contribution in [2.45, 2.75) is 50.7 Å². The molecule has 2 aromatic heterocycles. The number of likely N-dealkylation sites (tertiary alicyclic amines) is 1. The molecule has 2 N–H and O–H groups in total. The second kappa shape index (κ2) is 10.2. The smallest absolute Gasteiger partial charge is 0.227 e. The molecule has 3 heterocycles. The molecule has 0 amide bonds. The zero-order valence-corrected chi connectivity index (χ0v) is 21.8. The van der Waals surface area contributed by atoms with E-state index in [0.29, 0.717) is 29.1 Å². The summed E-state index contributed by atoms with van der Waals surface area (Å²) >= 11 is 6.69. The largest absolute Gasteiger partial charge is 0.387 e. The number of hydrogen-bond acceptors (Lipinski definition) is 6. The highest BCUT2D eigenvalue weighted by Gasteiger charge is 2.27. The number of halogens is 3. The fourth-order valence-electron chi connectivity index (χ4n) is 5.29. The van der Waals surface area contributed by atoms with Crippen LogP contribution in [0.4, 0.5) is 20.4 Å². The second-order valence-electron chi connectivity index (χ2n) is 10.3. The van der Waals surface area contributed by atoms with E-state index in [1.807, 2.05) is 12.3 Å². The summed E-state index contributed by atoms with van der Waals surface area (Å²) in [6, 6.07) is 8.03. The lowest BCUT2D eigenvalue weighted by molar-refractivity contribution is 0.0970. The normalized spacial score (nSPS) is 17.7. The Morgan fingerprint density at radius 2 is 1.87 bits per heavy atom. The lowest BCUT2D eigenvalue weighted by atomic mass is 9.88. The van der Waals surface area contributed by atoms with Crippen LogP contribution in [0.3, 0.4) is 0 Å². The van der Waals surface area contributed by atoms with Crippen LogP contribution in [0, 0.1) is 18.6 Å². The van der Waals surface area contributed by atoms with E-state index in [-0.39, 0.29) is 5.92 Å². The van der Waals surface area contributed by atoms with Crippen LogP contribution in [0.1, 0.15) is 60.6 Å². The summed E-state index contributed by atoms with van der Waals surface area (Å²) < 4.78 is 28.8. The first kappa shape index (κ1) is 25.2. The number of β-amino-alcohol motifs (C(OH)–C–C–N with tert-alkyl or cyclic N) is 1. The fraction of sp³-hybridized carbons (Fsp3) is 0.393. The first-order valence-corrected chi connectivity index (χ1v) is 13.4. The average Bonchev–Trinajstić information content (AvgIpc) is 3.69. The molecule has 1 saturated carbocycles. The molecule has 0 spiro atoms. The Morgan fingerprint density at radius 1 is 1.08 bits per heavy atom. The number of aliphatic hydroxyl groups is 1. The number of rotatable bonds is 7. The third-order valence-corrected chi connectivity index (χ3v) is 8.00. The molecule has 2 aliphatic rings. The summed E-state index contributed by atoms with van der Waals surface area (Å²) in [4.78, 5) is 11.4. The quantitative estimate of drug-likeness (QED) is 0.298. The van der Waals surface area contributed by atoms with Crippen molar-refractivity contribution in [3.8, 4) is 0 Å². The molecule has 1 atom stereocenters. The van der Waals surface area contributed by atoms with Crippen molar-refractivity contribution in [1.29, 1.82) is 0 Å². The molecule has 1 saturated heterocycles. The fourth-order valence-corrected chi connectivity index (χ4v) is 5.62. The van der Waals surface area contributed by atoms with Gasteiger partial charge in [0, 0.05) is 23.2 Å². The maximum Gasteiger partial charge on any atom is 0.227 e. The molecule has 0 unspecified atom stereocenters. The molecule has 2 aromatic carbocycles. The van der Waals surface area contributed by atoms with E-state index in [4.69, 9.17) is 16.6 Å². The molecular formula is C28H29ClF2N6O. The SMILES string of the molecule is Cc1c(Nc2ncc3cc(Cl)c(C4CCN(C[C@@H](O)c5ccc(F)c(F)c5)CC4)cc3n2)cnn1C1CC1. The zero-order valence-electron chi connectivity index (χ0n) is 21.0. The number of aliphatic hydroxyl groups excluding tert-OH is 1. The van der Waals surface area contributed by atoms with Gasteiger partial charge in [-0.05, 0) is 87.0 Å². The van der Waals surface area contributed by atoms with Gasteiger partial charge in [0.05, 0.1) is 35.2 Å². The summed E-state index contributed by atoms with van der Waals surface area (Å²) in [5.74, 6) is -1.09. The monoisotopic (exact) mass is 538 g/mol. The third-order valence-electron chi connectivity index (χ3n) is 7.67. The Labute approximate surface area is 224 Å². The van der Waals surface area contributed by atoms with Gasteiger partial charge in [-0.3, -0.25) is 4.68 Å². The highest BCUT2D eigenvalue weighted by atomic mass is 35.5. The van der Waals surface area contributed by atoms with E-state index < -0.39 is 17.7 Å². The van der Waals surface area contributed by atoms with Crippen molar-refractivity contribution in [3.63, 3.8) is 0 Å². The average molecular weight is 539 g/mol. The minimum atomic E-state index is -0.947. The van der Waals surface area contributed by atoms with E-state index in [9.17, 15) is 13.9 Å². The molecule has 1 aliphatic heterocycles. The Balaban J connectivity index is 1.13. The van der Waals surface area contributed by atoms with Crippen molar-refractivity contribution in [1.82, 2.24) is 24.6 Å². The Morgan fingerprint density at radius 3 is 2.61 bits per heavy atom. The highest BCUT2D eigenvalue weighted by molar-refractivity contribution is 6.32. The number of piperidine rings is 1. The van der Waals surface area contributed by atoms with E-state index in [1.165, 1.54) is 18.9 Å². The number of nitrogens with zero attached hydrogens (tertiary/aromatic N) is 5. The molecule has 198 valence electrons. The summed E-state index contributed by atoms with van der Waals surface area (Å²) in [5.41, 5.74) is 4.24. The highest BCUT2D eigenvalue weighted by Crippen LogP contribution is 2.38. The van der Waals surface area contributed by atoms with Gasteiger partial charge in [0.1, 0.15) is 0 Å². The Kier molecular flexibility index (Phi) is 6.75. The van der Waals surface area contributed by atoms with Crippen LogP contribution in [0.25, 0.3) is 10.9 Å². The van der Waals surface area contributed by atoms with E-state index in [1.54, 1.807) is 6.20 Å². The van der Waals surface area contributed by atoms with Gasteiger partial charge in [-0.25, -0.2) is 18.7 Å². The predicted octanol–water partition coefficient (Wildman–Crippen LogP) is 6.06. The molecule has 0 bridgehead atoms. The summed E-state index contributed by atoms with van der Waals surface area (Å²) in [6.07, 6.45) is 6.80. The number of hydrogen-bond donors (Lipinski definition) is 2. The van der Waals surface area contributed by atoms with Crippen molar-refractivity contribution >= 4 is 34.1 Å². The van der Waals surface area contributed by atoms with Crippen LogP contribution in [0.15, 0.2) is 42.7 Å². The van der Waals surface area contributed by atoms with Gasteiger partial charge in [-0.15, -0.1) is 0 Å². The molecule has 1 aliphatic carbocycles. The van der Waals surface area contributed by atoms with Gasteiger partial charge >= 0.3 is 0 Å². The molecule has 6 rings (SSSR count). The zero-order chi connectivity index (χ0) is 26.4. The van der Waals surface area contributed by atoms with E-state index >= 15 is 0 Å². The third kappa shape index (κ3) is 5.10.